The monoisotopic (exact) mass is 238 g/mol. The number of rotatable bonds is 1. The van der Waals surface area contributed by atoms with Crippen molar-refractivity contribution in [1.29, 1.82) is 5.41 Å². The first kappa shape index (κ1) is 10.5. The van der Waals surface area contributed by atoms with Crippen molar-refractivity contribution in [2.45, 2.75) is 0 Å². The number of nitrogens with two attached hydrogens (primary N) is 1. The molecule has 0 atom stereocenters. The third-order valence-electron chi connectivity index (χ3n) is 2.90. The topological polar surface area (TPSA) is 80.1 Å². The lowest BCUT2D eigenvalue weighted by molar-refractivity contribution is 0.0996. The van der Waals surface area contributed by atoms with E-state index in [0.29, 0.717) is 5.58 Å². The van der Waals surface area contributed by atoms with Gasteiger partial charge in [0.2, 0.25) is 5.55 Å². The molecule has 0 spiro atoms. The first-order valence-electron chi connectivity index (χ1n) is 5.46. The summed E-state index contributed by atoms with van der Waals surface area (Å²) in [6.45, 7) is 0. The molecule has 88 valence electrons. The fourth-order valence-electron chi connectivity index (χ4n) is 2.01. The smallest absolute Gasteiger partial charge is 0.254 e. The maximum atomic E-state index is 11.2. The quantitative estimate of drug-likeness (QED) is 0.637. The molecule has 3 N–H and O–H groups in total. The first-order valence-corrected chi connectivity index (χ1v) is 5.46. The number of carbonyl (C=O) groups is 1. The van der Waals surface area contributed by atoms with E-state index in [1.807, 2.05) is 36.4 Å². The SMILES string of the molecule is N=c1oc2cc3ccccc3cc2cc1C(N)=O. The number of amides is 1. The van der Waals surface area contributed by atoms with Gasteiger partial charge in [-0.05, 0) is 29.0 Å². The Balaban J connectivity index is 2.44. The van der Waals surface area contributed by atoms with Gasteiger partial charge < -0.3 is 10.2 Å². The number of primary amides is 1. The minimum Gasteiger partial charge on any atom is -0.438 e. The molecule has 18 heavy (non-hydrogen) atoms. The lowest BCUT2D eigenvalue weighted by Gasteiger charge is -2.03. The fourth-order valence-corrected chi connectivity index (χ4v) is 2.01. The zero-order valence-corrected chi connectivity index (χ0v) is 9.44. The van der Waals surface area contributed by atoms with Crippen molar-refractivity contribution in [3.63, 3.8) is 0 Å². The molecule has 0 radical (unpaired) electrons. The molecule has 3 rings (SSSR count). The molecule has 1 aromatic heterocycles. The van der Waals surface area contributed by atoms with E-state index < -0.39 is 5.91 Å². The van der Waals surface area contributed by atoms with Crippen LogP contribution < -0.4 is 11.3 Å². The zero-order chi connectivity index (χ0) is 12.7. The highest BCUT2D eigenvalue weighted by molar-refractivity contribution is 5.99. The number of hydrogen-bond acceptors (Lipinski definition) is 3. The predicted octanol–water partition coefficient (Wildman–Crippen LogP) is 2.16. The molecule has 0 fully saturated rings. The Labute approximate surface area is 102 Å². The summed E-state index contributed by atoms with van der Waals surface area (Å²) in [6, 6.07) is 13.2. The molecule has 1 heterocycles. The summed E-state index contributed by atoms with van der Waals surface area (Å²) in [6.07, 6.45) is 0. The second-order valence-corrected chi connectivity index (χ2v) is 4.09. The van der Waals surface area contributed by atoms with Crippen molar-refractivity contribution in [2.75, 3.05) is 0 Å². The number of nitrogens with one attached hydrogen (secondary N) is 1. The van der Waals surface area contributed by atoms with Gasteiger partial charge in [0.1, 0.15) is 11.1 Å². The normalized spacial score (nSPS) is 10.9. The maximum absolute atomic E-state index is 11.2. The molecule has 0 aliphatic carbocycles. The van der Waals surface area contributed by atoms with Crippen LogP contribution in [0.25, 0.3) is 21.7 Å². The van der Waals surface area contributed by atoms with Crippen LogP contribution in [0.3, 0.4) is 0 Å². The van der Waals surface area contributed by atoms with Crippen LogP contribution in [-0.2, 0) is 0 Å². The van der Waals surface area contributed by atoms with Crippen molar-refractivity contribution in [3.05, 3.63) is 53.6 Å². The molecule has 4 nitrogen and oxygen atoms in total. The molecular formula is C14H10N2O2. The van der Waals surface area contributed by atoms with Gasteiger partial charge in [-0.2, -0.15) is 0 Å². The van der Waals surface area contributed by atoms with Gasteiger partial charge >= 0.3 is 0 Å². The van der Waals surface area contributed by atoms with E-state index in [4.69, 9.17) is 15.6 Å². The molecule has 0 aliphatic heterocycles. The van der Waals surface area contributed by atoms with Crippen LogP contribution in [0.2, 0.25) is 0 Å². The van der Waals surface area contributed by atoms with Gasteiger partial charge in [0.05, 0.1) is 0 Å². The molecule has 0 aliphatic rings. The second-order valence-electron chi connectivity index (χ2n) is 4.09. The molecular weight excluding hydrogens is 228 g/mol. The summed E-state index contributed by atoms with van der Waals surface area (Å²) >= 11 is 0. The standard InChI is InChI=1S/C14H10N2O2/c15-13(17)11-6-10-5-8-3-1-2-4-9(8)7-12(10)18-14(11)16/h1-7,16H,(H2,15,17). The van der Waals surface area contributed by atoms with Crippen LogP contribution in [-0.4, -0.2) is 5.91 Å². The van der Waals surface area contributed by atoms with Gasteiger partial charge in [-0.1, -0.05) is 24.3 Å². The highest BCUT2D eigenvalue weighted by atomic mass is 16.3. The summed E-state index contributed by atoms with van der Waals surface area (Å²) in [5.74, 6) is -0.654. The Bertz CT molecular complexity index is 834. The average Bonchev–Trinajstić information content (AvgIpc) is 2.35. The van der Waals surface area contributed by atoms with E-state index in [9.17, 15) is 4.79 Å². The van der Waals surface area contributed by atoms with Crippen LogP contribution in [0.5, 0.6) is 0 Å². The fraction of sp³-hybridized carbons (Fsp3) is 0. The Morgan fingerprint density at radius 3 is 2.39 bits per heavy atom. The molecule has 2 aromatic carbocycles. The van der Waals surface area contributed by atoms with Crippen LogP contribution in [0.15, 0.2) is 46.9 Å². The summed E-state index contributed by atoms with van der Waals surface area (Å²) in [5, 5.41) is 10.5. The summed E-state index contributed by atoms with van der Waals surface area (Å²) < 4.78 is 5.33. The number of fused-ring (bicyclic) bond motifs is 2. The minimum absolute atomic E-state index is 0.0952. The highest BCUT2D eigenvalue weighted by Gasteiger charge is 2.08. The minimum atomic E-state index is -0.654. The molecule has 0 unspecified atom stereocenters. The van der Waals surface area contributed by atoms with E-state index in [2.05, 4.69) is 0 Å². The molecule has 4 heteroatoms. The maximum Gasteiger partial charge on any atom is 0.254 e. The van der Waals surface area contributed by atoms with Crippen molar-refractivity contribution >= 4 is 27.6 Å². The van der Waals surface area contributed by atoms with Gasteiger partial charge in [0.15, 0.2) is 0 Å². The van der Waals surface area contributed by atoms with Crippen LogP contribution in [0, 0.1) is 5.41 Å². The first-order chi connectivity index (χ1) is 8.65. The second kappa shape index (κ2) is 3.70. The Kier molecular flexibility index (Phi) is 2.16. The summed E-state index contributed by atoms with van der Waals surface area (Å²) in [5.41, 5.74) is 5.66. The highest BCUT2D eigenvalue weighted by Crippen LogP contribution is 2.22. The van der Waals surface area contributed by atoms with Gasteiger partial charge in [0.25, 0.3) is 5.91 Å². The number of benzene rings is 2. The number of hydrogen-bond donors (Lipinski definition) is 2. The zero-order valence-electron chi connectivity index (χ0n) is 9.44. The Hall–Kier alpha value is -2.62. The van der Waals surface area contributed by atoms with Crippen molar-refractivity contribution < 1.29 is 9.21 Å². The lowest BCUT2D eigenvalue weighted by Crippen LogP contribution is -2.20. The Morgan fingerprint density at radius 2 is 1.72 bits per heavy atom. The van der Waals surface area contributed by atoms with Crippen molar-refractivity contribution in [1.82, 2.24) is 0 Å². The average molecular weight is 238 g/mol. The van der Waals surface area contributed by atoms with E-state index in [1.54, 1.807) is 6.07 Å². The van der Waals surface area contributed by atoms with E-state index in [-0.39, 0.29) is 11.1 Å². The number of carbonyl (C=O) groups excluding carboxylic acids is 1. The predicted molar refractivity (Wildman–Crippen MR) is 68.1 cm³/mol. The molecule has 0 saturated heterocycles. The van der Waals surface area contributed by atoms with Crippen molar-refractivity contribution in [3.8, 4) is 0 Å². The van der Waals surface area contributed by atoms with Crippen LogP contribution >= 0.6 is 0 Å². The molecule has 0 bridgehead atoms. The molecule has 0 saturated carbocycles. The van der Waals surface area contributed by atoms with E-state index in [1.165, 1.54) is 0 Å². The van der Waals surface area contributed by atoms with Crippen molar-refractivity contribution in [2.24, 2.45) is 5.73 Å². The van der Waals surface area contributed by atoms with Crippen LogP contribution in [0.1, 0.15) is 10.4 Å². The molecule has 3 aromatic rings. The molecule has 1 amide bonds. The van der Waals surface area contributed by atoms with Gasteiger partial charge in [-0.25, -0.2) is 0 Å². The Morgan fingerprint density at radius 1 is 1.06 bits per heavy atom. The van der Waals surface area contributed by atoms with Gasteiger partial charge in [-0.3, -0.25) is 10.2 Å². The summed E-state index contributed by atoms with van der Waals surface area (Å²) in [4.78, 5) is 11.2. The van der Waals surface area contributed by atoms with Gasteiger partial charge in [-0.15, -0.1) is 0 Å². The largest absolute Gasteiger partial charge is 0.438 e. The van der Waals surface area contributed by atoms with E-state index >= 15 is 0 Å². The summed E-state index contributed by atoms with van der Waals surface area (Å²) in [7, 11) is 0. The van der Waals surface area contributed by atoms with Gasteiger partial charge in [0, 0.05) is 5.39 Å². The third-order valence-corrected chi connectivity index (χ3v) is 2.90. The third kappa shape index (κ3) is 1.55. The lowest BCUT2D eigenvalue weighted by atomic mass is 10.1. The van der Waals surface area contributed by atoms with Crippen LogP contribution in [0.4, 0.5) is 0 Å². The van der Waals surface area contributed by atoms with E-state index in [0.717, 1.165) is 16.2 Å².